The second-order valence-electron chi connectivity index (χ2n) is 6.19. The van der Waals surface area contributed by atoms with E-state index in [1.54, 1.807) is 12.0 Å². The van der Waals surface area contributed by atoms with E-state index < -0.39 is 0 Å². The minimum atomic E-state index is -0.120. The first-order valence-electron chi connectivity index (χ1n) is 8.68. The van der Waals surface area contributed by atoms with Gasteiger partial charge in [0.25, 0.3) is 0 Å². The third-order valence-electron chi connectivity index (χ3n) is 4.42. The van der Waals surface area contributed by atoms with Crippen molar-refractivity contribution in [1.82, 2.24) is 10.2 Å². The summed E-state index contributed by atoms with van der Waals surface area (Å²) < 4.78 is 11.0. The summed E-state index contributed by atoms with van der Waals surface area (Å²) in [5.41, 5.74) is 2.16. The minimum absolute atomic E-state index is 0.0600. The van der Waals surface area contributed by atoms with Crippen molar-refractivity contribution < 1.29 is 14.3 Å². The lowest BCUT2D eigenvalue weighted by atomic mass is 10.1. The van der Waals surface area contributed by atoms with Crippen LogP contribution in [0.4, 0.5) is 4.79 Å². The maximum atomic E-state index is 12.5. The normalized spacial score (nSPS) is 17.0. The van der Waals surface area contributed by atoms with Crippen LogP contribution in [0.15, 0.2) is 48.5 Å². The van der Waals surface area contributed by atoms with E-state index in [2.05, 4.69) is 5.32 Å². The Kier molecular flexibility index (Phi) is 6.36. The molecule has 3 rings (SSSR count). The van der Waals surface area contributed by atoms with Crippen LogP contribution < -0.4 is 10.1 Å². The molecule has 5 nitrogen and oxygen atoms in total. The highest BCUT2D eigenvalue weighted by molar-refractivity contribution is 6.30. The second kappa shape index (κ2) is 8.92. The van der Waals surface area contributed by atoms with Gasteiger partial charge in [0.1, 0.15) is 11.9 Å². The number of hydrogen-bond acceptors (Lipinski definition) is 3. The Morgan fingerprint density at radius 2 is 2.12 bits per heavy atom. The smallest absolute Gasteiger partial charge is 0.317 e. The number of ether oxygens (including phenoxy) is 2. The van der Waals surface area contributed by atoms with E-state index in [0.717, 1.165) is 23.3 Å². The van der Waals surface area contributed by atoms with E-state index in [4.69, 9.17) is 21.1 Å². The lowest BCUT2D eigenvalue weighted by Gasteiger charge is -2.33. The molecule has 26 heavy (non-hydrogen) atoms. The summed E-state index contributed by atoms with van der Waals surface area (Å²) in [5, 5.41) is 3.68. The van der Waals surface area contributed by atoms with Gasteiger partial charge >= 0.3 is 6.03 Å². The SMILES string of the molecule is COc1cccc(CCNC(=O)N2CCOC(c3ccc(Cl)cc3)C2)c1. The highest BCUT2D eigenvalue weighted by Crippen LogP contribution is 2.23. The molecule has 0 spiro atoms. The molecule has 1 saturated heterocycles. The predicted octanol–water partition coefficient (Wildman–Crippen LogP) is 3.67. The Hall–Kier alpha value is -2.24. The Morgan fingerprint density at radius 1 is 1.31 bits per heavy atom. The van der Waals surface area contributed by atoms with Gasteiger partial charge in [-0.1, -0.05) is 35.9 Å². The molecule has 0 saturated carbocycles. The van der Waals surface area contributed by atoms with Crippen LogP contribution in [0.2, 0.25) is 5.02 Å². The van der Waals surface area contributed by atoms with Crippen molar-refractivity contribution in [3.63, 3.8) is 0 Å². The summed E-state index contributed by atoms with van der Waals surface area (Å²) in [6.45, 7) is 2.23. The van der Waals surface area contributed by atoms with Crippen LogP contribution in [0, 0.1) is 0 Å². The number of hydrogen-bond donors (Lipinski definition) is 1. The average molecular weight is 375 g/mol. The number of nitrogens with zero attached hydrogens (tertiary/aromatic N) is 1. The third-order valence-corrected chi connectivity index (χ3v) is 4.67. The quantitative estimate of drug-likeness (QED) is 0.868. The first-order valence-corrected chi connectivity index (χ1v) is 9.06. The molecule has 0 aliphatic carbocycles. The molecule has 1 heterocycles. The van der Waals surface area contributed by atoms with Crippen molar-refractivity contribution >= 4 is 17.6 Å². The first-order chi connectivity index (χ1) is 12.7. The lowest BCUT2D eigenvalue weighted by Crippen LogP contribution is -2.47. The van der Waals surface area contributed by atoms with Gasteiger partial charge in [-0.2, -0.15) is 0 Å². The Bertz CT molecular complexity index is 736. The lowest BCUT2D eigenvalue weighted by molar-refractivity contribution is -0.0153. The zero-order valence-electron chi connectivity index (χ0n) is 14.8. The fraction of sp³-hybridized carbons (Fsp3) is 0.350. The van der Waals surface area contributed by atoms with E-state index in [9.17, 15) is 4.79 Å². The Balaban J connectivity index is 1.50. The molecular formula is C20H23ClN2O3. The van der Waals surface area contributed by atoms with Crippen LogP contribution in [0.1, 0.15) is 17.2 Å². The van der Waals surface area contributed by atoms with Crippen LogP contribution in [0.5, 0.6) is 5.75 Å². The molecule has 1 aliphatic rings. The summed E-state index contributed by atoms with van der Waals surface area (Å²) in [7, 11) is 1.65. The van der Waals surface area contributed by atoms with Crippen LogP contribution in [-0.2, 0) is 11.2 Å². The second-order valence-corrected chi connectivity index (χ2v) is 6.63. The number of carbonyl (C=O) groups excluding carboxylic acids is 1. The van der Waals surface area contributed by atoms with Crippen LogP contribution >= 0.6 is 11.6 Å². The van der Waals surface area contributed by atoms with Gasteiger partial charge in [0.05, 0.1) is 20.3 Å². The predicted molar refractivity (Wildman–Crippen MR) is 102 cm³/mol. The summed E-state index contributed by atoms with van der Waals surface area (Å²) in [6.07, 6.45) is 0.638. The van der Waals surface area contributed by atoms with Crippen molar-refractivity contribution in [3.05, 3.63) is 64.7 Å². The summed E-state index contributed by atoms with van der Waals surface area (Å²) >= 11 is 5.93. The molecular weight excluding hydrogens is 352 g/mol. The standard InChI is InChI=1S/C20H23ClN2O3/c1-25-18-4-2-3-15(13-18)9-10-22-20(24)23-11-12-26-19(14-23)16-5-7-17(21)8-6-16/h2-8,13,19H,9-12,14H2,1H3,(H,22,24). The Morgan fingerprint density at radius 3 is 2.88 bits per heavy atom. The highest BCUT2D eigenvalue weighted by Gasteiger charge is 2.25. The summed E-state index contributed by atoms with van der Waals surface area (Å²) in [4.78, 5) is 14.3. The van der Waals surface area contributed by atoms with Crippen molar-refractivity contribution in [2.45, 2.75) is 12.5 Å². The number of methoxy groups -OCH3 is 1. The van der Waals surface area contributed by atoms with Crippen molar-refractivity contribution in [1.29, 1.82) is 0 Å². The molecule has 1 aliphatic heterocycles. The van der Waals surface area contributed by atoms with Gasteiger partial charge < -0.3 is 19.7 Å². The van der Waals surface area contributed by atoms with E-state index in [0.29, 0.717) is 31.3 Å². The molecule has 2 aromatic carbocycles. The molecule has 1 unspecified atom stereocenters. The minimum Gasteiger partial charge on any atom is -0.497 e. The van der Waals surface area contributed by atoms with E-state index in [1.165, 1.54) is 0 Å². The summed E-state index contributed by atoms with van der Waals surface area (Å²) in [6, 6.07) is 15.4. The molecule has 2 amide bonds. The van der Waals surface area contributed by atoms with Gasteiger partial charge in [0.2, 0.25) is 0 Å². The number of rotatable bonds is 5. The van der Waals surface area contributed by atoms with Gasteiger partial charge in [0, 0.05) is 18.1 Å². The molecule has 0 aromatic heterocycles. The average Bonchev–Trinajstić information content (AvgIpc) is 2.69. The molecule has 1 N–H and O–H groups in total. The van der Waals surface area contributed by atoms with Crippen molar-refractivity contribution in [2.24, 2.45) is 0 Å². The maximum Gasteiger partial charge on any atom is 0.317 e. The maximum absolute atomic E-state index is 12.5. The van der Waals surface area contributed by atoms with Gasteiger partial charge in [0.15, 0.2) is 0 Å². The largest absolute Gasteiger partial charge is 0.497 e. The monoisotopic (exact) mass is 374 g/mol. The molecule has 6 heteroatoms. The number of carbonyl (C=O) groups is 1. The molecule has 1 fully saturated rings. The Labute approximate surface area is 158 Å². The molecule has 0 radical (unpaired) electrons. The topological polar surface area (TPSA) is 50.8 Å². The number of halogens is 1. The summed E-state index contributed by atoms with van der Waals surface area (Å²) in [5.74, 6) is 0.827. The third kappa shape index (κ3) is 4.90. The number of morpholine rings is 1. The van der Waals surface area contributed by atoms with Crippen molar-refractivity contribution in [3.8, 4) is 5.75 Å². The van der Waals surface area contributed by atoms with E-state index in [1.807, 2.05) is 48.5 Å². The number of nitrogens with one attached hydrogen (secondary N) is 1. The van der Waals surface area contributed by atoms with E-state index in [-0.39, 0.29) is 12.1 Å². The molecule has 138 valence electrons. The number of amides is 2. The zero-order chi connectivity index (χ0) is 18.4. The molecule has 1 atom stereocenters. The van der Waals surface area contributed by atoms with Crippen LogP contribution in [0.25, 0.3) is 0 Å². The first kappa shape index (κ1) is 18.5. The molecule has 2 aromatic rings. The van der Waals surface area contributed by atoms with Crippen molar-refractivity contribution in [2.75, 3.05) is 33.4 Å². The fourth-order valence-corrected chi connectivity index (χ4v) is 3.09. The highest BCUT2D eigenvalue weighted by atomic mass is 35.5. The van der Waals surface area contributed by atoms with Crippen LogP contribution in [-0.4, -0.2) is 44.3 Å². The van der Waals surface area contributed by atoms with Gasteiger partial charge in [-0.15, -0.1) is 0 Å². The molecule has 0 bridgehead atoms. The zero-order valence-corrected chi connectivity index (χ0v) is 15.5. The fourth-order valence-electron chi connectivity index (χ4n) is 2.97. The number of urea groups is 1. The van der Waals surface area contributed by atoms with Gasteiger partial charge in [-0.25, -0.2) is 4.79 Å². The van der Waals surface area contributed by atoms with Gasteiger partial charge in [-0.05, 0) is 41.8 Å². The van der Waals surface area contributed by atoms with E-state index >= 15 is 0 Å². The van der Waals surface area contributed by atoms with Gasteiger partial charge in [-0.3, -0.25) is 0 Å². The number of benzene rings is 2. The van der Waals surface area contributed by atoms with Crippen LogP contribution in [0.3, 0.4) is 0 Å².